The minimum atomic E-state index is -4.76. The van der Waals surface area contributed by atoms with Crippen LogP contribution in [0.15, 0.2) is 72.8 Å². The first-order chi connectivity index (χ1) is 28.7. The van der Waals surface area contributed by atoms with Gasteiger partial charge in [0, 0.05) is 38.2 Å². The average Bonchev–Trinajstić information content (AvgIpc) is 3.51. The second-order valence-electron chi connectivity index (χ2n) is 16.8. The van der Waals surface area contributed by atoms with Crippen LogP contribution in [0.4, 0.5) is 18.0 Å². The Morgan fingerprint density at radius 1 is 0.934 bits per heavy atom. The second-order valence-corrected chi connectivity index (χ2v) is 17.2. The summed E-state index contributed by atoms with van der Waals surface area (Å²) in [5.74, 6) is -5.10. The lowest BCUT2D eigenvalue weighted by atomic mass is 9.80. The number of likely N-dealkylation sites (N-methyl/N-ethyl adjacent to an activating group) is 1. The molecule has 4 amide bonds. The molecule has 16 heteroatoms. The predicted octanol–water partition coefficient (Wildman–Crippen LogP) is 7.06. The van der Waals surface area contributed by atoms with Gasteiger partial charge in [0.2, 0.25) is 17.7 Å². The molecule has 0 saturated carbocycles. The number of alkyl carbamates (subject to hydrolysis) is 1. The van der Waals surface area contributed by atoms with Gasteiger partial charge in [-0.05, 0) is 86.9 Å². The zero-order valence-corrected chi connectivity index (χ0v) is 36.0. The Balaban J connectivity index is 1.30. The second kappa shape index (κ2) is 19.7. The number of nitrogens with zero attached hydrogens (tertiary/aromatic N) is 2. The van der Waals surface area contributed by atoms with Crippen LogP contribution in [0.5, 0.6) is 0 Å². The third-order valence-electron chi connectivity index (χ3n) is 11.0. The van der Waals surface area contributed by atoms with E-state index in [0.717, 1.165) is 27.8 Å². The van der Waals surface area contributed by atoms with E-state index in [9.17, 15) is 37.1 Å². The van der Waals surface area contributed by atoms with Crippen LogP contribution in [0.25, 0.3) is 11.1 Å². The van der Waals surface area contributed by atoms with Crippen molar-refractivity contribution < 1.29 is 51.4 Å². The van der Waals surface area contributed by atoms with E-state index in [0.29, 0.717) is 17.9 Å². The highest BCUT2D eigenvalue weighted by Crippen LogP contribution is 2.44. The van der Waals surface area contributed by atoms with Crippen LogP contribution in [0, 0.1) is 5.92 Å². The van der Waals surface area contributed by atoms with E-state index in [2.05, 4.69) is 10.6 Å². The van der Waals surface area contributed by atoms with Gasteiger partial charge in [0.05, 0.1) is 30.9 Å². The van der Waals surface area contributed by atoms with Crippen LogP contribution < -0.4 is 10.6 Å². The van der Waals surface area contributed by atoms with Crippen molar-refractivity contribution in [2.45, 2.75) is 95.1 Å². The van der Waals surface area contributed by atoms with Crippen molar-refractivity contribution in [3.8, 4) is 11.1 Å². The third kappa shape index (κ3) is 12.2. The molecule has 5 rings (SSSR count). The van der Waals surface area contributed by atoms with Crippen molar-refractivity contribution in [2.75, 3.05) is 40.5 Å². The maximum Gasteiger partial charge on any atom is 0.407 e. The van der Waals surface area contributed by atoms with Gasteiger partial charge in [-0.2, -0.15) is 13.2 Å². The fourth-order valence-electron chi connectivity index (χ4n) is 8.18. The molecule has 2 N–H and O–H groups in total. The van der Waals surface area contributed by atoms with Crippen LogP contribution in [-0.4, -0.2) is 109 Å². The zero-order valence-electron chi connectivity index (χ0n) is 35.3. The van der Waals surface area contributed by atoms with Crippen molar-refractivity contribution >= 4 is 41.4 Å². The monoisotopic (exact) mass is 870 g/mol. The number of amides is 4. The number of rotatable bonds is 15. The lowest BCUT2D eigenvalue weighted by Gasteiger charge is -2.49. The molecule has 2 aliphatic rings. The molecule has 1 fully saturated rings. The summed E-state index contributed by atoms with van der Waals surface area (Å²) < 4.78 is 57.8. The number of methoxy groups -OCH3 is 1. The number of piperidine rings is 1. The first-order valence-electron chi connectivity index (χ1n) is 20.2. The molecule has 4 atom stereocenters. The summed E-state index contributed by atoms with van der Waals surface area (Å²) in [5, 5.41) is 5.67. The molecule has 330 valence electrons. The predicted molar refractivity (Wildman–Crippen MR) is 223 cm³/mol. The minimum absolute atomic E-state index is 0.0248. The highest BCUT2D eigenvalue weighted by Gasteiger charge is 2.47. The van der Waals surface area contributed by atoms with Gasteiger partial charge in [0.25, 0.3) is 0 Å². The maximum atomic E-state index is 14.5. The Morgan fingerprint density at radius 3 is 2.11 bits per heavy atom. The van der Waals surface area contributed by atoms with Gasteiger partial charge >= 0.3 is 18.2 Å². The number of benzene rings is 3. The van der Waals surface area contributed by atoms with Crippen molar-refractivity contribution in [3.63, 3.8) is 0 Å². The first kappa shape index (κ1) is 46.9. The Labute approximate surface area is 359 Å². The SMILES string of the molecule is COC[C@H](NC(=O)[C@H](C)NC(=O)OCC1c2ccccc2-c2ccccc21)C(=O)N(C)[C@@]1(Cc2ccc(Cl)cc2)CCCN(C(=O)[C@@H](CC(=O)OC(C)(C)C)CC(F)(F)F)C1. The lowest BCUT2D eigenvalue weighted by Crippen LogP contribution is -2.65. The summed E-state index contributed by atoms with van der Waals surface area (Å²) in [7, 11) is 2.86. The molecule has 3 aromatic carbocycles. The Hall–Kier alpha value is -5.15. The summed E-state index contributed by atoms with van der Waals surface area (Å²) >= 11 is 6.17. The molecule has 0 aromatic heterocycles. The molecule has 1 heterocycles. The molecular weight excluding hydrogens is 817 g/mol. The number of alkyl halides is 3. The minimum Gasteiger partial charge on any atom is -0.460 e. The number of hydrogen-bond acceptors (Lipinski definition) is 8. The number of hydrogen-bond donors (Lipinski definition) is 2. The van der Waals surface area contributed by atoms with Crippen LogP contribution in [0.1, 0.15) is 76.0 Å². The number of carbonyl (C=O) groups is 5. The fraction of sp³-hybridized carbons (Fsp3) is 0.489. The highest BCUT2D eigenvalue weighted by atomic mass is 35.5. The normalized spacial score (nSPS) is 17.9. The van der Waals surface area contributed by atoms with Gasteiger partial charge in [-0.25, -0.2) is 4.79 Å². The van der Waals surface area contributed by atoms with Gasteiger partial charge in [-0.3, -0.25) is 19.2 Å². The number of esters is 1. The van der Waals surface area contributed by atoms with E-state index < -0.39 is 77.9 Å². The zero-order chi connectivity index (χ0) is 44.7. The Morgan fingerprint density at radius 2 is 1.54 bits per heavy atom. The molecule has 61 heavy (non-hydrogen) atoms. The van der Waals surface area contributed by atoms with Crippen LogP contribution in [0.3, 0.4) is 0 Å². The number of nitrogens with one attached hydrogen (secondary N) is 2. The summed E-state index contributed by atoms with van der Waals surface area (Å²) in [6.45, 7) is 5.85. The summed E-state index contributed by atoms with van der Waals surface area (Å²) in [6.07, 6.45) is -7.09. The van der Waals surface area contributed by atoms with Crippen LogP contribution in [0.2, 0.25) is 5.02 Å². The average molecular weight is 871 g/mol. The van der Waals surface area contributed by atoms with E-state index in [1.54, 1.807) is 45.0 Å². The number of halogens is 4. The van der Waals surface area contributed by atoms with E-state index >= 15 is 0 Å². The Bertz CT molecular complexity index is 2010. The largest absolute Gasteiger partial charge is 0.460 e. The van der Waals surface area contributed by atoms with Gasteiger partial charge in [0.1, 0.15) is 24.3 Å². The molecule has 0 unspecified atom stereocenters. The smallest absolute Gasteiger partial charge is 0.407 e. The summed E-state index contributed by atoms with van der Waals surface area (Å²) in [6, 6.07) is 20.2. The third-order valence-corrected chi connectivity index (χ3v) is 11.3. The molecule has 1 aliphatic heterocycles. The van der Waals surface area contributed by atoms with Crippen molar-refractivity contribution in [1.82, 2.24) is 20.4 Å². The molecule has 12 nitrogen and oxygen atoms in total. The summed E-state index contributed by atoms with van der Waals surface area (Å²) in [5.41, 5.74) is 2.73. The number of ether oxygens (including phenoxy) is 3. The fourth-order valence-corrected chi connectivity index (χ4v) is 8.30. The molecule has 0 spiro atoms. The van der Waals surface area contributed by atoms with Gasteiger partial charge in [-0.15, -0.1) is 0 Å². The van der Waals surface area contributed by atoms with Gasteiger partial charge < -0.3 is 34.6 Å². The number of likely N-dealkylation sites (tertiary alicyclic amines) is 1. The van der Waals surface area contributed by atoms with Crippen molar-refractivity contribution in [3.05, 3.63) is 94.5 Å². The van der Waals surface area contributed by atoms with E-state index in [1.165, 1.54) is 30.9 Å². The Kier molecular flexibility index (Phi) is 15.2. The molecule has 0 radical (unpaired) electrons. The number of carbonyl (C=O) groups excluding carboxylic acids is 5. The summed E-state index contributed by atoms with van der Waals surface area (Å²) in [4.78, 5) is 70.5. The van der Waals surface area contributed by atoms with E-state index in [-0.39, 0.29) is 38.6 Å². The topological polar surface area (TPSA) is 144 Å². The number of fused-ring (bicyclic) bond motifs is 3. The molecule has 0 bridgehead atoms. The maximum absolute atomic E-state index is 14.5. The standard InChI is InChI=1S/C45H54ClF3N4O8/c1-28(50-42(58)60-25-36-34-14-9-7-12-32(34)33-13-8-10-15-35(33)36)39(55)51-37(26-59-6)41(57)52(5)44(23-29-16-18-31(46)19-17-29)20-11-21-53(27-44)40(56)30(24-45(47,48)49)22-38(54)61-43(2,3)4/h7-10,12-19,28,30,36-37H,11,20-27H2,1-6H3,(H,50,58)(H,51,55)/t28-,30-,37-,44+/m0/s1. The first-order valence-corrected chi connectivity index (χ1v) is 20.6. The molecule has 1 saturated heterocycles. The van der Waals surface area contributed by atoms with Gasteiger partial charge in [-0.1, -0.05) is 72.3 Å². The van der Waals surface area contributed by atoms with Crippen LogP contribution >= 0.6 is 11.6 Å². The van der Waals surface area contributed by atoms with Crippen molar-refractivity contribution in [2.24, 2.45) is 5.92 Å². The lowest BCUT2D eigenvalue weighted by molar-refractivity contribution is -0.170. The molecule has 1 aliphatic carbocycles. The van der Waals surface area contributed by atoms with E-state index in [1.807, 2.05) is 48.5 Å². The molecular formula is C45H54ClF3N4O8. The molecule has 3 aromatic rings. The quantitative estimate of drug-likeness (QED) is 0.155. The van der Waals surface area contributed by atoms with Crippen molar-refractivity contribution in [1.29, 1.82) is 0 Å². The van der Waals surface area contributed by atoms with Crippen LogP contribution in [-0.2, 0) is 39.8 Å². The van der Waals surface area contributed by atoms with E-state index in [4.69, 9.17) is 25.8 Å². The van der Waals surface area contributed by atoms with Gasteiger partial charge in [0.15, 0.2) is 0 Å². The highest BCUT2D eigenvalue weighted by molar-refractivity contribution is 6.30.